The van der Waals surface area contributed by atoms with Crippen molar-refractivity contribution in [2.75, 3.05) is 11.1 Å². The monoisotopic (exact) mass is 349 g/mol. The van der Waals surface area contributed by atoms with Gasteiger partial charge in [-0.2, -0.15) is 5.26 Å². The minimum atomic E-state index is -0.169. The first-order valence-corrected chi connectivity index (χ1v) is 8.80. The first-order chi connectivity index (χ1) is 12.2. The fourth-order valence-electron chi connectivity index (χ4n) is 2.42. The van der Waals surface area contributed by atoms with Gasteiger partial charge in [0.25, 0.3) is 5.56 Å². The van der Waals surface area contributed by atoms with Crippen LogP contribution in [0.3, 0.4) is 0 Å². The number of fused-ring (bicyclic) bond motifs is 1. The highest BCUT2D eigenvalue weighted by molar-refractivity contribution is 7.99. The van der Waals surface area contributed by atoms with Crippen LogP contribution in [-0.4, -0.2) is 16.6 Å². The number of benzene rings is 2. The van der Waals surface area contributed by atoms with Crippen molar-refractivity contribution in [3.63, 3.8) is 0 Å². The Labute approximate surface area is 148 Å². The van der Waals surface area contributed by atoms with E-state index in [0.29, 0.717) is 22.6 Å². The van der Waals surface area contributed by atoms with Gasteiger partial charge in [0.05, 0.1) is 17.4 Å². The molecule has 0 bridgehead atoms. The van der Waals surface area contributed by atoms with Gasteiger partial charge in [-0.25, -0.2) is 0 Å². The van der Waals surface area contributed by atoms with Crippen LogP contribution in [0.2, 0.25) is 0 Å². The van der Waals surface area contributed by atoms with E-state index < -0.39 is 0 Å². The van der Waals surface area contributed by atoms with Crippen LogP contribution in [0.4, 0.5) is 5.69 Å². The fraction of sp³-hybridized carbons (Fsp3) is 0.105. The van der Waals surface area contributed by atoms with Crippen molar-refractivity contribution in [3.8, 4) is 6.07 Å². The summed E-state index contributed by atoms with van der Waals surface area (Å²) in [7, 11) is 0. The van der Waals surface area contributed by atoms with Gasteiger partial charge in [-0.3, -0.25) is 9.59 Å². The Morgan fingerprint density at radius 3 is 2.84 bits per heavy atom. The Balaban J connectivity index is 1.59. The Hall–Kier alpha value is -3.04. The lowest BCUT2D eigenvalue weighted by atomic mass is 10.2. The molecule has 0 unspecified atom stereocenters. The third-order valence-electron chi connectivity index (χ3n) is 3.60. The number of hydrogen-bond acceptors (Lipinski definition) is 4. The summed E-state index contributed by atoms with van der Waals surface area (Å²) in [6.07, 6.45) is 0. The SMILES string of the molecule is N#Cc1cccc(NC(=O)CSCc2cc3ccccc3[nH]c2=O)c1. The van der Waals surface area contributed by atoms with Gasteiger partial charge in [0.1, 0.15) is 0 Å². The number of hydrogen-bond donors (Lipinski definition) is 2. The number of carbonyl (C=O) groups excluding carboxylic acids is 1. The van der Waals surface area contributed by atoms with Crippen LogP contribution < -0.4 is 10.9 Å². The predicted octanol–water partition coefficient (Wildman–Crippen LogP) is 3.27. The lowest BCUT2D eigenvalue weighted by molar-refractivity contribution is -0.113. The molecule has 2 aromatic carbocycles. The molecule has 1 amide bonds. The van der Waals surface area contributed by atoms with Crippen LogP contribution in [-0.2, 0) is 10.5 Å². The highest BCUT2D eigenvalue weighted by Crippen LogP contribution is 2.15. The summed E-state index contributed by atoms with van der Waals surface area (Å²) in [6, 6.07) is 18.2. The zero-order valence-electron chi connectivity index (χ0n) is 13.3. The summed E-state index contributed by atoms with van der Waals surface area (Å²) in [6.45, 7) is 0. The van der Waals surface area contributed by atoms with Crippen molar-refractivity contribution >= 4 is 34.3 Å². The molecule has 2 N–H and O–H groups in total. The fourth-order valence-corrected chi connectivity index (χ4v) is 3.21. The van der Waals surface area contributed by atoms with E-state index >= 15 is 0 Å². The number of para-hydroxylation sites is 1. The molecular weight excluding hydrogens is 334 g/mol. The number of anilines is 1. The quantitative estimate of drug-likeness (QED) is 0.740. The number of pyridine rings is 1. The average molecular weight is 349 g/mol. The summed E-state index contributed by atoms with van der Waals surface area (Å²) in [4.78, 5) is 26.9. The molecule has 5 nitrogen and oxygen atoms in total. The number of H-pyrrole nitrogens is 1. The molecule has 3 aromatic rings. The van der Waals surface area contributed by atoms with Crippen molar-refractivity contribution < 1.29 is 4.79 Å². The number of nitriles is 1. The van der Waals surface area contributed by atoms with Crippen LogP contribution in [0, 0.1) is 11.3 Å². The van der Waals surface area contributed by atoms with Crippen LogP contribution in [0.15, 0.2) is 59.4 Å². The molecule has 0 spiro atoms. The maximum Gasteiger partial charge on any atom is 0.252 e. The summed E-state index contributed by atoms with van der Waals surface area (Å²) >= 11 is 1.37. The normalized spacial score (nSPS) is 10.4. The van der Waals surface area contributed by atoms with Gasteiger partial charge in [-0.05, 0) is 35.7 Å². The average Bonchev–Trinajstić information content (AvgIpc) is 2.62. The summed E-state index contributed by atoms with van der Waals surface area (Å²) in [5, 5.41) is 12.6. The Morgan fingerprint density at radius 1 is 1.16 bits per heavy atom. The zero-order valence-corrected chi connectivity index (χ0v) is 14.1. The number of amides is 1. The van der Waals surface area contributed by atoms with Gasteiger partial charge >= 0.3 is 0 Å². The van der Waals surface area contributed by atoms with Crippen molar-refractivity contribution in [2.24, 2.45) is 0 Å². The van der Waals surface area contributed by atoms with E-state index in [9.17, 15) is 9.59 Å². The number of thioether (sulfide) groups is 1. The number of nitrogens with zero attached hydrogens (tertiary/aromatic N) is 1. The molecule has 0 fully saturated rings. The largest absolute Gasteiger partial charge is 0.325 e. The molecule has 0 saturated heterocycles. The Morgan fingerprint density at radius 2 is 2.00 bits per heavy atom. The molecule has 124 valence electrons. The molecule has 25 heavy (non-hydrogen) atoms. The van der Waals surface area contributed by atoms with E-state index in [2.05, 4.69) is 10.3 Å². The third kappa shape index (κ3) is 4.28. The predicted molar refractivity (Wildman–Crippen MR) is 101 cm³/mol. The van der Waals surface area contributed by atoms with Gasteiger partial charge in [-0.15, -0.1) is 11.8 Å². The molecule has 0 aliphatic rings. The minimum Gasteiger partial charge on any atom is -0.325 e. The Kier molecular flexibility index (Phi) is 5.17. The van der Waals surface area contributed by atoms with E-state index in [-0.39, 0.29) is 17.2 Å². The molecule has 6 heteroatoms. The second-order valence-electron chi connectivity index (χ2n) is 5.44. The third-order valence-corrected chi connectivity index (χ3v) is 4.58. The number of carbonyl (C=O) groups is 1. The van der Waals surface area contributed by atoms with Crippen molar-refractivity contribution in [2.45, 2.75) is 5.75 Å². The van der Waals surface area contributed by atoms with Crippen molar-refractivity contribution in [1.29, 1.82) is 5.26 Å². The van der Waals surface area contributed by atoms with E-state index in [0.717, 1.165) is 10.9 Å². The van der Waals surface area contributed by atoms with Crippen LogP contribution >= 0.6 is 11.8 Å². The molecule has 0 saturated carbocycles. The number of rotatable bonds is 5. The van der Waals surface area contributed by atoms with Crippen LogP contribution in [0.25, 0.3) is 10.9 Å². The topological polar surface area (TPSA) is 85.8 Å². The molecule has 0 aliphatic carbocycles. The molecule has 1 heterocycles. The van der Waals surface area contributed by atoms with Crippen molar-refractivity contribution in [1.82, 2.24) is 4.98 Å². The first kappa shape index (κ1) is 16.8. The summed E-state index contributed by atoms with van der Waals surface area (Å²) in [5.74, 6) is 0.506. The number of aromatic amines is 1. The second-order valence-corrected chi connectivity index (χ2v) is 6.43. The van der Waals surface area contributed by atoms with E-state index in [1.54, 1.807) is 24.3 Å². The first-order valence-electron chi connectivity index (χ1n) is 7.64. The van der Waals surface area contributed by atoms with Crippen molar-refractivity contribution in [3.05, 3.63) is 76.1 Å². The molecule has 0 radical (unpaired) electrons. The van der Waals surface area contributed by atoms with Crippen LogP contribution in [0.1, 0.15) is 11.1 Å². The second kappa shape index (κ2) is 7.69. The Bertz CT molecular complexity index is 1020. The summed E-state index contributed by atoms with van der Waals surface area (Å²) in [5.41, 5.74) is 2.40. The number of nitrogens with one attached hydrogen (secondary N) is 2. The van der Waals surface area contributed by atoms with E-state index in [4.69, 9.17) is 5.26 Å². The smallest absolute Gasteiger partial charge is 0.252 e. The molecule has 0 aliphatic heterocycles. The molecule has 1 aromatic heterocycles. The van der Waals surface area contributed by atoms with Crippen LogP contribution in [0.5, 0.6) is 0 Å². The lowest BCUT2D eigenvalue weighted by Crippen LogP contribution is -2.15. The zero-order chi connectivity index (χ0) is 17.6. The molecule has 0 atom stereocenters. The lowest BCUT2D eigenvalue weighted by Gasteiger charge is -2.06. The van der Waals surface area contributed by atoms with Gasteiger partial charge < -0.3 is 10.3 Å². The highest BCUT2D eigenvalue weighted by atomic mass is 32.2. The van der Waals surface area contributed by atoms with Gasteiger partial charge in [0.15, 0.2) is 0 Å². The van der Waals surface area contributed by atoms with Gasteiger partial charge in [0, 0.05) is 22.5 Å². The van der Waals surface area contributed by atoms with Gasteiger partial charge in [-0.1, -0.05) is 24.3 Å². The maximum atomic E-state index is 12.1. The maximum absolute atomic E-state index is 12.1. The molecule has 3 rings (SSSR count). The number of aromatic nitrogens is 1. The molecular formula is C19H15N3O2S. The summed E-state index contributed by atoms with van der Waals surface area (Å²) < 4.78 is 0. The standard InChI is InChI=1S/C19H15N3O2S/c20-10-13-4-3-6-16(8-13)21-18(23)12-25-11-15-9-14-5-1-2-7-17(14)22-19(15)24/h1-9H,11-12H2,(H,21,23)(H,22,24). The minimum absolute atomic E-state index is 0.131. The van der Waals surface area contributed by atoms with E-state index in [1.165, 1.54) is 11.8 Å². The highest BCUT2D eigenvalue weighted by Gasteiger charge is 2.07. The van der Waals surface area contributed by atoms with Gasteiger partial charge in [0.2, 0.25) is 5.91 Å². The van der Waals surface area contributed by atoms with E-state index in [1.807, 2.05) is 36.4 Å².